The fourth-order valence-electron chi connectivity index (χ4n) is 5.63. The van der Waals surface area contributed by atoms with E-state index in [4.69, 9.17) is 14.2 Å². The molecule has 55 heavy (non-hydrogen) atoms. The molecule has 0 spiro atoms. The molecule has 6 rings (SSSR count). The van der Waals surface area contributed by atoms with Crippen molar-refractivity contribution in [2.24, 2.45) is 0 Å². The molecule has 0 aliphatic rings. The predicted molar refractivity (Wildman–Crippen MR) is 203 cm³/mol. The van der Waals surface area contributed by atoms with Gasteiger partial charge in [-0.1, -0.05) is 36.4 Å². The van der Waals surface area contributed by atoms with Crippen LogP contribution in [0.1, 0.15) is 37.5 Å². The predicted octanol–water partition coefficient (Wildman–Crippen LogP) is 7.12. The van der Waals surface area contributed by atoms with Crippen LogP contribution in [-0.4, -0.2) is 55.9 Å². The quantitative estimate of drug-likeness (QED) is 0.154. The second-order valence-corrected chi connectivity index (χ2v) is 14.3. The third kappa shape index (κ3) is 8.54. The standard InChI is InChI=1S/C39H36F2N6O7S/c1-39(2,3)54-36(49)44-30-16-14-24(18-42-30)33-27(20-45(4)38(51)53-22-23-10-7-6-8-11-23)32-34(48)47(25-15-17-31(52-5)43-19-25)37(50)46(35(32)55-33)21-26-28(40)12-9-13-29(26)41/h6-19H,20-22H2,1-5H3,(H,42,44,49). The monoisotopic (exact) mass is 770 g/mol. The lowest BCUT2D eigenvalue weighted by atomic mass is 10.1. The fourth-order valence-corrected chi connectivity index (χ4v) is 6.92. The van der Waals surface area contributed by atoms with Crippen LogP contribution in [0.5, 0.6) is 5.88 Å². The van der Waals surface area contributed by atoms with Gasteiger partial charge >= 0.3 is 17.9 Å². The van der Waals surface area contributed by atoms with Crippen LogP contribution in [0.4, 0.5) is 24.2 Å². The molecule has 6 aromatic rings. The Kier molecular flexibility index (Phi) is 11.1. The second-order valence-electron chi connectivity index (χ2n) is 13.3. The van der Waals surface area contributed by atoms with Gasteiger partial charge in [-0.15, -0.1) is 11.3 Å². The van der Waals surface area contributed by atoms with E-state index in [9.17, 15) is 19.2 Å². The first-order chi connectivity index (χ1) is 26.2. The fraction of sp³-hybridized carbons (Fsp3) is 0.231. The minimum atomic E-state index is -0.892. The van der Waals surface area contributed by atoms with Crippen molar-refractivity contribution in [1.29, 1.82) is 0 Å². The number of hydrogen-bond acceptors (Lipinski definition) is 10. The summed E-state index contributed by atoms with van der Waals surface area (Å²) in [7, 11) is 2.90. The summed E-state index contributed by atoms with van der Waals surface area (Å²) in [6.45, 7) is 4.38. The van der Waals surface area contributed by atoms with E-state index in [-0.39, 0.29) is 40.8 Å². The summed E-state index contributed by atoms with van der Waals surface area (Å²) in [5.74, 6) is -1.39. The molecule has 2 amide bonds. The summed E-state index contributed by atoms with van der Waals surface area (Å²) in [5.41, 5.74) is -1.23. The van der Waals surface area contributed by atoms with Crippen molar-refractivity contribution >= 4 is 39.6 Å². The number of carbonyl (C=O) groups excluding carboxylic acids is 2. The maximum atomic E-state index is 15.1. The minimum Gasteiger partial charge on any atom is -0.481 e. The molecule has 0 unspecified atom stereocenters. The Morgan fingerprint density at radius 2 is 1.64 bits per heavy atom. The maximum Gasteiger partial charge on any atom is 0.413 e. The molecule has 0 fully saturated rings. The van der Waals surface area contributed by atoms with Gasteiger partial charge in [0.2, 0.25) is 5.88 Å². The number of hydrogen-bond donors (Lipinski definition) is 1. The van der Waals surface area contributed by atoms with Crippen LogP contribution in [0.3, 0.4) is 0 Å². The molecule has 0 radical (unpaired) electrons. The van der Waals surface area contributed by atoms with Crippen LogP contribution in [0.2, 0.25) is 0 Å². The Balaban J connectivity index is 1.53. The number of aromatic nitrogens is 4. The van der Waals surface area contributed by atoms with Crippen molar-refractivity contribution in [2.45, 2.75) is 46.1 Å². The maximum absolute atomic E-state index is 15.1. The highest BCUT2D eigenvalue weighted by Gasteiger charge is 2.27. The van der Waals surface area contributed by atoms with Gasteiger partial charge in [0.15, 0.2) is 0 Å². The molecule has 0 atom stereocenters. The molecule has 284 valence electrons. The van der Waals surface area contributed by atoms with E-state index in [1.54, 1.807) is 39.0 Å². The lowest BCUT2D eigenvalue weighted by Gasteiger charge is -2.19. The van der Waals surface area contributed by atoms with Crippen molar-refractivity contribution in [2.75, 3.05) is 19.5 Å². The van der Waals surface area contributed by atoms with Gasteiger partial charge in [-0.3, -0.25) is 14.7 Å². The Bertz CT molecular complexity index is 2460. The summed E-state index contributed by atoms with van der Waals surface area (Å²) < 4.78 is 48.3. The highest BCUT2D eigenvalue weighted by molar-refractivity contribution is 7.22. The summed E-state index contributed by atoms with van der Waals surface area (Å²) in [6, 6.07) is 18.5. The molecule has 0 saturated heterocycles. The highest BCUT2D eigenvalue weighted by Crippen LogP contribution is 2.38. The zero-order chi connectivity index (χ0) is 39.4. The highest BCUT2D eigenvalue weighted by atomic mass is 32.1. The number of carbonyl (C=O) groups is 2. The molecule has 0 bridgehead atoms. The SMILES string of the molecule is COc1ccc(-n2c(=O)c3c(CN(C)C(=O)OCc4ccccc4)c(-c4ccc(NC(=O)OC(C)(C)C)nc4)sc3n(Cc3c(F)cccc3F)c2=O)cn1. The van der Waals surface area contributed by atoms with E-state index in [0.29, 0.717) is 16.0 Å². The van der Waals surface area contributed by atoms with E-state index in [2.05, 4.69) is 15.3 Å². The van der Waals surface area contributed by atoms with Crippen LogP contribution in [0, 0.1) is 11.6 Å². The summed E-state index contributed by atoms with van der Waals surface area (Å²) in [4.78, 5) is 65.0. The third-order valence-electron chi connectivity index (χ3n) is 8.21. The first-order valence-corrected chi connectivity index (χ1v) is 17.7. The number of amides is 2. The normalized spacial score (nSPS) is 11.3. The van der Waals surface area contributed by atoms with Gasteiger partial charge in [0.25, 0.3) is 5.56 Å². The largest absolute Gasteiger partial charge is 0.481 e. The zero-order valence-corrected chi connectivity index (χ0v) is 31.3. The van der Waals surface area contributed by atoms with Gasteiger partial charge < -0.3 is 19.1 Å². The van der Waals surface area contributed by atoms with E-state index < -0.39 is 52.8 Å². The molecule has 16 heteroatoms. The number of pyridine rings is 2. The molecule has 4 heterocycles. The molecule has 1 N–H and O–H groups in total. The first-order valence-electron chi connectivity index (χ1n) is 16.9. The Morgan fingerprint density at radius 1 is 0.909 bits per heavy atom. The molecular weight excluding hydrogens is 735 g/mol. The average Bonchev–Trinajstić information content (AvgIpc) is 3.52. The van der Waals surface area contributed by atoms with Crippen LogP contribution in [0.25, 0.3) is 26.3 Å². The number of nitrogens with one attached hydrogen (secondary N) is 1. The van der Waals surface area contributed by atoms with Gasteiger partial charge in [-0.25, -0.2) is 37.7 Å². The Morgan fingerprint density at radius 3 is 2.25 bits per heavy atom. The van der Waals surface area contributed by atoms with Crippen molar-refractivity contribution in [3.05, 3.63) is 134 Å². The van der Waals surface area contributed by atoms with E-state index >= 15 is 8.78 Å². The van der Waals surface area contributed by atoms with Gasteiger partial charge in [0.1, 0.15) is 34.5 Å². The number of thiophene rings is 1. The lowest BCUT2D eigenvalue weighted by molar-refractivity contribution is 0.0635. The molecule has 0 saturated carbocycles. The van der Waals surface area contributed by atoms with Crippen molar-refractivity contribution in [3.8, 4) is 22.0 Å². The smallest absolute Gasteiger partial charge is 0.413 e. The van der Waals surface area contributed by atoms with Crippen LogP contribution in [-0.2, 0) is 29.2 Å². The molecule has 4 aromatic heterocycles. The lowest BCUT2D eigenvalue weighted by Crippen LogP contribution is -2.39. The number of nitrogens with zero attached hydrogens (tertiary/aromatic N) is 5. The van der Waals surface area contributed by atoms with Crippen LogP contribution in [0.15, 0.2) is 94.8 Å². The van der Waals surface area contributed by atoms with Gasteiger partial charge in [0, 0.05) is 40.9 Å². The summed E-state index contributed by atoms with van der Waals surface area (Å²) in [6.07, 6.45) is 1.29. The Labute approximate surface area is 317 Å². The number of methoxy groups -OCH3 is 1. The van der Waals surface area contributed by atoms with Gasteiger partial charge in [-0.05, 0) is 56.7 Å². The molecular formula is C39H36F2N6O7S. The zero-order valence-electron chi connectivity index (χ0n) is 30.5. The third-order valence-corrected chi connectivity index (χ3v) is 9.51. The summed E-state index contributed by atoms with van der Waals surface area (Å²) in [5, 5.41) is 2.57. The molecule has 0 aliphatic carbocycles. The first kappa shape index (κ1) is 38.3. The van der Waals surface area contributed by atoms with Gasteiger partial charge in [0.05, 0.1) is 37.5 Å². The van der Waals surface area contributed by atoms with Crippen molar-refractivity contribution < 1.29 is 32.6 Å². The number of ether oxygens (including phenoxy) is 3. The van der Waals surface area contributed by atoms with Crippen LogP contribution < -0.4 is 21.3 Å². The average molecular weight is 771 g/mol. The molecule has 2 aromatic carbocycles. The number of anilines is 1. The topological polar surface area (TPSA) is 147 Å². The van der Waals surface area contributed by atoms with E-state index in [1.807, 2.05) is 18.2 Å². The van der Waals surface area contributed by atoms with Crippen LogP contribution >= 0.6 is 11.3 Å². The summed E-state index contributed by atoms with van der Waals surface area (Å²) >= 11 is 1.00. The van der Waals surface area contributed by atoms with Crippen molar-refractivity contribution in [1.82, 2.24) is 24.0 Å². The number of halogens is 2. The molecule has 0 aliphatic heterocycles. The number of rotatable bonds is 10. The Hall–Kier alpha value is -6.42. The molecule has 13 nitrogen and oxygen atoms in total. The van der Waals surface area contributed by atoms with E-state index in [1.165, 1.54) is 55.7 Å². The van der Waals surface area contributed by atoms with Gasteiger partial charge in [-0.2, -0.15) is 0 Å². The minimum absolute atomic E-state index is 0.00540. The number of benzene rings is 2. The van der Waals surface area contributed by atoms with Crippen molar-refractivity contribution in [3.63, 3.8) is 0 Å². The van der Waals surface area contributed by atoms with E-state index in [0.717, 1.165) is 38.2 Å². The second kappa shape index (κ2) is 15.9. The number of fused-ring (bicyclic) bond motifs is 1.